The van der Waals surface area contributed by atoms with Crippen LogP contribution in [0.1, 0.15) is 18.9 Å². The SMILES string of the molecule is CCOP(=S)(OCC)SCc1nnc(SC)s1. The van der Waals surface area contributed by atoms with Gasteiger partial charge in [-0.3, -0.25) is 0 Å². The molecule has 0 unspecified atom stereocenters. The van der Waals surface area contributed by atoms with Crippen LogP contribution < -0.4 is 0 Å². The van der Waals surface area contributed by atoms with E-state index in [1.165, 1.54) is 11.4 Å². The molecule has 0 atom stereocenters. The van der Waals surface area contributed by atoms with Gasteiger partial charge in [0.2, 0.25) is 5.69 Å². The van der Waals surface area contributed by atoms with Crippen LogP contribution in [0.25, 0.3) is 0 Å². The lowest BCUT2D eigenvalue weighted by molar-refractivity contribution is 0.280. The fraction of sp³-hybridized carbons (Fsp3) is 0.750. The minimum absolute atomic E-state index is 0.580. The van der Waals surface area contributed by atoms with Crippen molar-refractivity contribution in [3.05, 3.63) is 5.01 Å². The van der Waals surface area contributed by atoms with Gasteiger partial charge in [-0.15, -0.1) is 10.2 Å². The van der Waals surface area contributed by atoms with Gasteiger partial charge in [0.1, 0.15) is 5.01 Å². The van der Waals surface area contributed by atoms with Crippen molar-refractivity contribution in [2.45, 2.75) is 23.9 Å². The lowest BCUT2D eigenvalue weighted by Gasteiger charge is -2.19. The summed E-state index contributed by atoms with van der Waals surface area (Å²) in [6, 6.07) is 0. The molecular formula is C8H15N2O2PS4. The highest BCUT2D eigenvalue weighted by Crippen LogP contribution is 2.62. The first-order valence-corrected chi connectivity index (χ1v) is 11.3. The molecule has 9 heteroatoms. The summed E-state index contributed by atoms with van der Waals surface area (Å²) in [5.74, 6) is 0.704. The highest BCUT2D eigenvalue weighted by molar-refractivity contribution is 8.67. The zero-order valence-electron chi connectivity index (χ0n) is 9.91. The van der Waals surface area contributed by atoms with Crippen molar-refractivity contribution < 1.29 is 9.05 Å². The Kier molecular flexibility index (Phi) is 7.56. The van der Waals surface area contributed by atoms with Gasteiger partial charge in [0, 0.05) is 0 Å². The number of rotatable bonds is 8. The van der Waals surface area contributed by atoms with Crippen LogP contribution in [-0.4, -0.2) is 29.7 Å². The molecule has 0 aliphatic carbocycles. The number of hydrogen-bond donors (Lipinski definition) is 0. The first-order chi connectivity index (χ1) is 8.13. The Hall–Kier alpha value is 0.830. The minimum Gasteiger partial charge on any atom is -0.322 e. The van der Waals surface area contributed by atoms with Crippen molar-refractivity contribution in [1.29, 1.82) is 0 Å². The summed E-state index contributed by atoms with van der Waals surface area (Å²) in [4.78, 5) is 0. The van der Waals surface area contributed by atoms with Crippen LogP contribution in [0.15, 0.2) is 4.34 Å². The molecule has 0 aromatic carbocycles. The second-order valence-corrected chi connectivity index (χ2v) is 11.1. The van der Waals surface area contributed by atoms with E-state index in [0.29, 0.717) is 19.0 Å². The van der Waals surface area contributed by atoms with E-state index in [9.17, 15) is 0 Å². The molecule has 1 aromatic heterocycles. The monoisotopic (exact) mass is 330 g/mol. The molecule has 0 N–H and O–H groups in total. The Morgan fingerprint density at radius 2 is 1.94 bits per heavy atom. The Morgan fingerprint density at radius 3 is 2.41 bits per heavy atom. The lowest BCUT2D eigenvalue weighted by Crippen LogP contribution is -1.92. The van der Waals surface area contributed by atoms with Crippen LogP contribution in [0.3, 0.4) is 0 Å². The molecular weight excluding hydrogens is 315 g/mol. The van der Waals surface area contributed by atoms with Crippen molar-refractivity contribution in [2.75, 3.05) is 19.5 Å². The van der Waals surface area contributed by atoms with Crippen molar-refractivity contribution in [1.82, 2.24) is 10.2 Å². The minimum atomic E-state index is -2.20. The standard InChI is InChI=1S/C8H15N2O2PS4/c1-4-11-13(14,12-5-2)16-6-7-9-10-8(15-3)17-7/h4-6H2,1-3H3. The van der Waals surface area contributed by atoms with E-state index in [4.69, 9.17) is 20.9 Å². The molecule has 4 nitrogen and oxygen atoms in total. The van der Waals surface area contributed by atoms with Crippen molar-refractivity contribution >= 4 is 52.0 Å². The third-order valence-corrected chi connectivity index (χ3v) is 9.04. The predicted octanol–water partition coefficient (Wildman–Crippen LogP) is 3.79. The molecule has 1 rings (SSSR count). The fourth-order valence-electron chi connectivity index (χ4n) is 0.941. The van der Waals surface area contributed by atoms with Crippen molar-refractivity contribution in [3.63, 3.8) is 0 Å². The maximum absolute atomic E-state index is 5.54. The highest BCUT2D eigenvalue weighted by atomic mass is 32.9. The van der Waals surface area contributed by atoms with Crippen LogP contribution >= 0.6 is 40.2 Å². The van der Waals surface area contributed by atoms with Gasteiger partial charge in [-0.05, 0) is 31.9 Å². The summed E-state index contributed by atoms with van der Waals surface area (Å²) in [6.07, 6.45) is 1.99. The average molecular weight is 330 g/mol. The second-order valence-electron chi connectivity index (χ2n) is 2.72. The summed E-state index contributed by atoms with van der Waals surface area (Å²) in [5, 5.41) is 9.11. The third kappa shape index (κ3) is 5.55. The van der Waals surface area contributed by atoms with E-state index < -0.39 is 5.69 Å². The number of thioether (sulfide) groups is 1. The molecule has 98 valence electrons. The van der Waals surface area contributed by atoms with Crippen molar-refractivity contribution in [3.8, 4) is 0 Å². The molecule has 0 saturated carbocycles. The van der Waals surface area contributed by atoms with Gasteiger partial charge < -0.3 is 9.05 Å². The summed E-state index contributed by atoms with van der Waals surface area (Å²) in [5.41, 5.74) is -2.20. The molecule has 0 bridgehead atoms. The summed E-state index contributed by atoms with van der Waals surface area (Å²) in [6.45, 7) is 5.02. The normalized spacial score (nSPS) is 11.9. The van der Waals surface area contributed by atoms with E-state index in [0.717, 1.165) is 9.35 Å². The quantitative estimate of drug-likeness (QED) is 0.531. The number of hydrogen-bond acceptors (Lipinski definition) is 8. The average Bonchev–Trinajstić information content (AvgIpc) is 2.75. The van der Waals surface area contributed by atoms with Gasteiger partial charge in [0.15, 0.2) is 4.34 Å². The lowest BCUT2D eigenvalue weighted by atomic mass is 10.9. The molecule has 0 amide bonds. The maximum atomic E-state index is 5.54. The zero-order valence-corrected chi connectivity index (χ0v) is 14.1. The summed E-state index contributed by atoms with van der Waals surface area (Å²) >= 11 is 10.1. The predicted molar refractivity (Wildman–Crippen MR) is 80.5 cm³/mol. The molecule has 0 aliphatic rings. The van der Waals surface area contributed by atoms with Gasteiger partial charge in [0.25, 0.3) is 0 Å². The van der Waals surface area contributed by atoms with Crippen LogP contribution in [0.5, 0.6) is 0 Å². The Bertz CT molecular complexity index is 377. The molecule has 0 radical (unpaired) electrons. The molecule has 17 heavy (non-hydrogen) atoms. The van der Waals surface area contributed by atoms with Crippen LogP contribution in [0.2, 0.25) is 0 Å². The van der Waals surface area contributed by atoms with E-state index in [1.54, 1.807) is 23.1 Å². The van der Waals surface area contributed by atoms with Gasteiger partial charge >= 0.3 is 0 Å². The van der Waals surface area contributed by atoms with Gasteiger partial charge in [0.05, 0.1) is 19.0 Å². The molecule has 1 aromatic rings. The van der Waals surface area contributed by atoms with Gasteiger partial charge in [-0.25, -0.2) is 0 Å². The van der Waals surface area contributed by atoms with Gasteiger partial charge in [-0.2, -0.15) is 0 Å². The fourth-order valence-corrected chi connectivity index (χ4v) is 6.94. The van der Waals surface area contributed by atoms with E-state index in [1.807, 2.05) is 20.1 Å². The summed E-state index contributed by atoms with van der Waals surface area (Å²) < 4.78 is 12.1. The van der Waals surface area contributed by atoms with E-state index in [-0.39, 0.29) is 0 Å². The van der Waals surface area contributed by atoms with E-state index in [2.05, 4.69) is 10.2 Å². The number of aromatic nitrogens is 2. The topological polar surface area (TPSA) is 44.2 Å². The first-order valence-electron chi connectivity index (χ1n) is 5.03. The van der Waals surface area contributed by atoms with Crippen LogP contribution in [-0.2, 0) is 26.6 Å². The molecule has 0 fully saturated rings. The van der Waals surface area contributed by atoms with Crippen LogP contribution in [0, 0.1) is 0 Å². The molecule has 0 aliphatic heterocycles. The Balaban J connectivity index is 2.54. The van der Waals surface area contributed by atoms with Crippen LogP contribution in [0.4, 0.5) is 0 Å². The van der Waals surface area contributed by atoms with E-state index >= 15 is 0 Å². The smallest absolute Gasteiger partial charge is 0.247 e. The zero-order chi connectivity index (χ0) is 12.7. The second kappa shape index (κ2) is 8.09. The number of nitrogens with zero attached hydrogens (tertiary/aromatic N) is 2. The first kappa shape index (κ1) is 15.9. The largest absolute Gasteiger partial charge is 0.322 e. The van der Waals surface area contributed by atoms with Crippen molar-refractivity contribution in [2.24, 2.45) is 0 Å². The third-order valence-electron chi connectivity index (χ3n) is 1.54. The molecule has 1 heterocycles. The highest BCUT2D eigenvalue weighted by Gasteiger charge is 2.19. The maximum Gasteiger partial charge on any atom is 0.247 e. The Morgan fingerprint density at radius 1 is 1.29 bits per heavy atom. The Labute approximate surface area is 119 Å². The summed E-state index contributed by atoms with van der Waals surface area (Å²) in [7, 11) is 0. The molecule has 0 spiro atoms. The van der Waals surface area contributed by atoms with Gasteiger partial charge in [-0.1, -0.05) is 34.5 Å². The molecule has 0 saturated heterocycles.